The summed E-state index contributed by atoms with van der Waals surface area (Å²) in [6.45, 7) is 11.6. The molecule has 8 aromatic carbocycles. The van der Waals surface area contributed by atoms with Gasteiger partial charge in [-0.1, -0.05) is 154 Å². The summed E-state index contributed by atoms with van der Waals surface area (Å²) in [6.07, 6.45) is -1.70. The Bertz CT molecular complexity index is 4150. The second-order valence-corrected chi connectivity index (χ2v) is 32.4. The fourth-order valence-corrected chi connectivity index (χ4v) is 14.8. The number of fused-ring (bicyclic) bond motifs is 8. The van der Waals surface area contributed by atoms with Crippen molar-refractivity contribution in [2.45, 2.75) is 110 Å². The first-order valence-corrected chi connectivity index (χ1v) is 35.3. The summed E-state index contributed by atoms with van der Waals surface area (Å²) < 4.78 is 147. The van der Waals surface area contributed by atoms with Gasteiger partial charge < -0.3 is 16.7 Å². The van der Waals surface area contributed by atoms with Crippen molar-refractivity contribution in [3.63, 3.8) is 0 Å². The van der Waals surface area contributed by atoms with Gasteiger partial charge in [0, 0.05) is 88.1 Å². The third-order valence-electron chi connectivity index (χ3n) is 14.1. The SMILES string of the molecule is CC(C)(C)c1cc2c(OS(=O)(=O)c3ccc(Br)cc3)c(c1)Cc1cc(CC#N)cc(c1OS(=O)(=O)c1ccc(Br)cc1)Cc1cc(C(C)(C)C)cc(c1OS(=O)(=O)c1ccc(Br)cc1)Cc1cc(CC#N)cc(c1OS(=O)(=O)c1ccc(Br)cc1)C2. The van der Waals surface area contributed by atoms with E-state index in [0.29, 0.717) is 40.1 Å². The fraction of sp³-hybridized carbons (Fsp3) is 0.219. The zero-order valence-electron chi connectivity index (χ0n) is 47.0. The Morgan fingerprint density at radius 1 is 0.349 bits per heavy atom. The lowest BCUT2D eigenvalue weighted by Gasteiger charge is -2.27. The van der Waals surface area contributed by atoms with Crippen molar-refractivity contribution in [2.24, 2.45) is 0 Å². The summed E-state index contributed by atoms with van der Waals surface area (Å²) in [5.41, 5.74) is 2.13. The number of nitriles is 2. The summed E-state index contributed by atoms with van der Waals surface area (Å²) >= 11 is 13.5. The highest BCUT2D eigenvalue weighted by Crippen LogP contribution is 2.45. The van der Waals surface area contributed by atoms with Gasteiger partial charge in [0.25, 0.3) is 0 Å². The summed E-state index contributed by atoms with van der Waals surface area (Å²) in [7, 11) is -19.0. The van der Waals surface area contributed by atoms with Gasteiger partial charge >= 0.3 is 40.5 Å². The van der Waals surface area contributed by atoms with Crippen LogP contribution in [0.4, 0.5) is 0 Å². The molecular weight excluding hydrogens is 1440 g/mol. The minimum absolute atomic E-state index is 0.156. The molecule has 14 nitrogen and oxygen atoms in total. The molecule has 0 aliphatic heterocycles. The van der Waals surface area contributed by atoms with Crippen LogP contribution in [0, 0.1) is 22.7 Å². The molecule has 444 valence electrons. The van der Waals surface area contributed by atoms with E-state index in [4.69, 9.17) is 16.7 Å². The summed E-state index contributed by atoms with van der Waals surface area (Å²) in [6, 6.07) is 40.9. The Morgan fingerprint density at radius 2 is 0.535 bits per heavy atom. The lowest BCUT2D eigenvalue weighted by Crippen LogP contribution is -2.19. The number of halogens is 4. The molecule has 0 atom stereocenters. The smallest absolute Gasteiger partial charge is 0.339 e. The molecule has 0 heterocycles. The van der Waals surface area contributed by atoms with Crippen LogP contribution >= 0.6 is 63.7 Å². The summed E-state index contributed by atoms with van der Waals surface area (Å²) in [5, 5.41) is 20.8. The highest BCUT2D eigenvalue weighted by atomic mass is 79.9. The normalized spacial score (nSPS) is 13.0. The van der Waals surface area contributed by atoms with Gasteiger partial charge in [-0.3, -0.25) is 0 Å². The standard InChI is InChI=1S/C64H54Br4N2O12S4/c1-63(2,3)49-35-45-31-41-27-39(23-25-69)29-43(59(41)79-83(71,72)55-15-7-51(65)8-16-55)33-47-37-50(64(4,5)6)38-48(62(47)82-86(77,78)58-21-13-54(68)14-22-58)34-44-30-40(24-26-70)28-42(60(44)80-84(73,74)56-17-9-52(66)10-18-56)32-46(36-49)61(45)81-85(75,76)57-19-11-53(67)12-20-57/h7-22,27-30,35-38H,23-24,31-34H2,1-6H3. The van der Waals surface area contributed by atoms with Crippen LogP contribution in [-0.4, -0.2) is 33.7 Å². The first kappa shape index (κ1) is 64.1. The first-order chi connectivity index (χ1) is 40.3. The van der Waals surface area contributed by atoms with Crippen LogP contribution in [0.25, 0.3) is 0 Å². The molecule has 0 saturated carbocycles. The average molecular weight is 1490 g/mol. The monoisotopic (exact) mass is 1490 g/mol. The molecular formula is C64H54Br4N2O12S4. The molecule has 8 aromatic rings. The predicted molar refractivity (Wildman–Crippen MR) is 341 cm³/mol. The van der Waals surface area contributed by atoms with E-state index in [-0.39, 0.29) is 126 Å². The molecule has 0 unspecified atom stereocenters. The summed E-state index contributed by atoms with van der Waals surface area (Å²) in [5.74, 6) is -0.832. The van der Waals surface area contributed by atoms with E-state index >= 15 is 0 Å². The van der Waals surface area contributed by atoms with E-state index < -0.39 is 51.3 Å². The van der Waals surface area contributed by atoms with Crippen LogP contribution in [-0.2, 0) is 89.8 Å². The van der Waals surface area contributed by atoms with Crippen molar-refractivity contribution in [3.05, 3.63) is 230 Å². The first-order valence-electron chi connectivity index (χ1n) is 26.5. The van der Waals surface area contributed by atoms with Gasteiger partial charge in [-0.15, -0.1) is 0 Å². The maximum atomic E-state index is 14.8. The van der Waals surface area contributed by atoms with E-state index in [0.717, 1.165) is 0 Å². The van der Waals surface area contributed by atoms with Crippen LogP contribution in [0.2, 0.25) is 0 Å². The third kappa shape index (κ3) is 14.8. The van der Waals surface area contributed by atoms with E-state index in [1.54, 1.807) is 48.5 Å². The predicted octanol–water partition coefficient (Wildman–Crippen LogP) is 15.2. The number of benzene rings is 8. The number of hydrogen-bond acceptors (Lipinski definition) is 14. The number of nitrogens with zero attached hydrogens (tertiary/aromatic N) is 2. The molecule has 86 heavy (non-hydrogen) atoms. The molecule has 0 N–H and O–H groups in total. The largest absolute Gasteiger partial charge is 0.378 e. The van der Waals surface area contributed by atoms with E-state index in [1.807, 2.05) is 41.5 Å². The van der Waals surface area contributed by atoms with Gasteiger partial charge in [0.05, 0.1) is 25.0 Å². The van der Waals surface area contributed by atoms with Crippen molar-refractivity contribution < 1.29 is 50.4 Å². The molecule has 0 amide bonds. The van der Waals surface area contributed by atoms with Gasteiger partial charge in [-0.05, 0) is 130 Å². The van der Waals surface area contributed by atoms with Crippen molar-refractivity contribution >= 4 is 104 Å². The molecule has 0 saturated heterocycles. The Labute approximate surface area is 536 Å². The number of rotatable bonds is 14. The van der Waals surface area contributed by atoms with Gasteiger partial charge in [-0.2, -0.15) is 44.2 Å². The Balaban J connectivity index is 1.46. The van der Waals surface area contributed by atoms with Crippen molar-refractivity contribution in [1.29, 1.82) is 10.5 Å². The minimum Gasteiger partial charge on any atom is -0.378 e. The maximum Gasteiger partial charge on any atom is 0.339 e. The van der Waals surface area contributed by atoms with Crippen LogP contribution in [0.15, 0.2) is 183 Å². The minimum atomic E-state index is -4.74. The summed E-state index contributed by atoms with van der Waals surface area (Å²) in [4.78, 5) is -0.884. The molecule has 0 aromatic heterocycles. The lowest BCUT2D eigenvalue weighted by molar-refractivity contribution is 0.477. The zero-order chi connectivity index (χ0) is 62.3. The molecule has 0 spiro atoms. The van der Waals surface area contributed by atoms with Gasteiger partial charge in [0.15, 0.2) is 0 Å². The second kappa shape index (κ2) is 25.0. The second-order valence-electron chi connectivity index (χ2n) is 22.6. The molecule has 22 heteroatoms. The average Bonchev–Trinajstić information content (AvgIpc) is 0.860. The molecule has 1 aliphatic rings. The highest BCUT2D eigenvalue weighted by Gasteiger charge is 2.33. The topological polar surface area (TPSA) is 221 Å². The van der Waals surface area contributed by atoms with Gasteiger partial charge in [0.2, 0.25) is 0 Å². The van der Waals surface area contributed by atoms with Gasteiger partial charge in [-0.25, -0.2) is 0 Å². The zero-order valence-corrected chi connectivity index (χ0v) is 56.6. The molecule has 8 bridgehead atoms. The van der Waals surface area contributed by atoms with Crippen molar-refractivity contribution in [2.75, 3.05) is 0 Å². The van der Waals surface area contributed by atoms with Crippen molar-refractivity contribution in [1.82, 2.24) is 0 Å². The van der Waals surface area contributed by atoms with Crippen LogP contribution < -0.4 is 16.7 Å². The third-order valence-corrected chi connectivity index (χ3v) is 21.2. The van der Waals surface area contributed by atoms with E-state index in [2.05, 4.69) is 75.9 Å². The Morgan fingerprint density at radius 3 is 0.709 bits per heavy atom. The van der Waals surface area contributed by atoms with Crippen molar-refractivity contribution in [3.8, 4) is 35.1 Å². The fourth-order valence-electron chi connectivity index (χ4n) is 9.75. The van der Waals surface area contributed by atoms with Crippen LogP contribution in [0.3, 0.4) is 0 Å². The van der Waals surface area contributed by atoms with Crippen LogP contribution in [0.1, 0.15) is 108 Å². The molecule has 1 aliphatic carbocycles. The molecule has 0 radical (unpaired) electrons. The lowest BCUT2D eigenvalue weighted by atomic mass is 9.81. The maximum absolute atomic E-state index is 14.8. The molecule has 9 rings (SSSR count). The molecule has 0 fully saturated rings. The van der Waals surface area contributed by atoms with Gasteiger partial charge in [0.1, 0.15) is 42.6 Å². The van der Waals surface area contributed by atoms with Crippen LogP contribution in [0.5, 0.6) is 23.0 Å². The highest BCUT2D eigenvalue weighted by molar-refractivity contribution is 9.11. The van der Waals surface area contributed by atoms with E-state index in [9.17, 15) is 44.2 Å². The quantitative estimate of drug-likeness (QED) is 0.0925. The van der Waals surface area contributed by atoms with E-state index in [1.165, 1.54) is 97.1 Å². The number of hydrogen-bond donors (Lipinski definition) is 0. The Kier molecular flexibility index (Phi) is 18.7. The Hall–Kier alpha value is -6.34.